The molecule has 2 aromatic rings. The van der Waals surface area contributed by atoms with Gasteiger partial charge in [0.2, 0.25) is 0 Å². The van der Waals surface area contributed by atoms with Gasteiger partial charge in [0, 0.05) is 4.88 Å². The van der Waals surface area contributed by atoms with E-state index in [-0.39, 0.29) is 17.4 Å². The molecule has 0 spiro atoms. The van der Waals surface area contributed by atoms with Crippen molar-refractivity contribution in [3.63, 3.8) is 0 Å². The summed E-state index contributed by atoms with van der Waals surface area (Å²) < 4.78 is 5.10. The van der Waals surface area contributed by atoms with Gasteiger partial charge in [-0.2, -0.15) is 0 Å². The molecule has 2 heterocycles. The fourth-order valence-electron chi connectivity index (χ4n) is 2.75. The van der Waals surface area contributed by atoms with E-state index in [1.54, 1.807) is 6.92 Å². The lowest BCUT2D eigenvalue weighted by molar-refractivity contribution is -0.148. The first-order chi connectivity index (χ1) is 9.60. The summed E-state index contributed by atoms with van der Waals surface area (Å²) >= 11 is 1.53. The first-order valence-electron chi connectivity index (χ1n) is 6.78. The standard InChI is InChI=1S/C14H16N2O3S/c1-3-19-14(18)8-4-5-9-10(6-8)20-13-11(9)12(17)15-7(2)16-13/h8H,3-6H2,1-2H3,(H,15,16,17). The Morgan fingerprint density at radius 1 is 1.55 bits per heavy atom. The van der Waals surface area contributed by atoms with Gasteiger partial charge in [-0.1, -0.05) is 0 Å². The fraction of sp³-hybridized carbons (Fsp3) is 0.500. The van der Waals surface area contributed by atoms with Gasteiger partial charge in [-0.3, -0.25) is 9.59 Å². The number of nitrogens with zero attached hydrogens (tertiary/aromatic N) is 1. The predicted octanol–water partition coefficient (Wildman–Crippen LogP) is 1.96. The first kappa shape index (κ1) is 13.3. The van der Waals surface area contributed by atoms with Crippen LogP contribution in [-0.4, -0.2) is 22.5 Å². The van der Waals surface area contributed by atoms with E-state index in [0.29, 0.717) is 24.2 Å². The highest BCUT2D eigenvalue weighted by molar-refractivity contribution is 7.18. The number of nitrogens with one attached hydrogen (secondary N) is 1. The number of ether oxygens (including phenoxy) is 1. The summed E-state index contributed by atoms with van der Waals surface area (Å²) in [6.07, 6.45) is 2.14. The number of aromatic nitrogens is 2. The summed E-state index contributed by atoms with van der Waals surface area (Å²) in [5.41, 5.74) is 0.999. The molecular formula is C14H16N2O3S. The number of H-pyrrole nitrogens is 1. The molecule has 0 aliphatic heterocycles. The van der Waals surface area contributed by atoms with Crippen molar-refractivity contribution in [1.82, 2.24) is 9.97 Å². The molecule has 20 heavy (non-hydrogen) atoms. The molecule has 0 fully saturated rings. The van der Waals surface area contributed by atoms with E-state index in [9.17, 15) is 9.59 Å². The number of aryl methyl sites for hydroxylation is 2. The monoisotopic (exact) mass is 292 g/mol. The number of hydrogen-bond acceptors (Lipinski definition) is 5. The van der Waals surface area contributed by atoms with Crippen molar-refractivity contribution in [3.05, 3.63) is 26.6 Å². The van der Waals surface area contributed by atoms with Crippen LogP contribution in [0.25, 0.3) is 10.2 Å². The molecule has 0 saturated carbocycles. The van der Waals surface area contributed by atoms with Crippen molar-refractivity contribution in [1.29, 1.82) is 0 Å². The zero-order valence-corrected chi connectivity index (χ0v) is 12.3. The van der Waals surface area contributed by atoms with E-state index < -0.39 is 0 Å². The number of thiophene rings is 1. The van der Waals surface area contributed by atoms with E-state index in [0.717, 1.165) is 28.1 Å². The number of carbonyl (C=O) groups is 1. The summed E-state index contributed by atoms with van der Waals surface area (Å²) in [5, 5.41) is 0.706. The summed E-state index contributed by atoms with van der Waals surface area (Å²) in [6.45, 7) is 4.01. The SMILES string of the molecule is CCOC(=O)C1CCc2c(sc3nc(C)[nH]c(=O)c23)C1. The van der Waals surface area contributed by atoms with Crippen molar-refractivity contribution in [3.8, 4) is 0 Å². The van der Waals surface area contributed by atoms with E-state index >= 15 is 0 Å². The number of fused-ring (bicyclic) bond motifs is 3. The van der Waals surface area contributed by atoms with Crippen molar-refractivity contribution >= 4 is 27.5 Å². The maximum absolute atomic E-state index is 12.1. The Morgan fingerprint density at radius 3 is 3.10 bits per heavy atom. The molecule has 0 radical (unpaired) electrons. The lowest BCUT2D eigenvalue weighted by Gasteiger charge is -2.20. The van der Waals surface area contributed by atoms with Crippen molar-refractivity contribution in [2.24, 2.45) is 5.92 Å². The number of hydrogen-bond donors (Lipinski definition) is 1. The topological polar surface area (TPSA) is 72.0 Å². The normalized spacial score (nSPS) is 18.0. The summed E-state index contributed by atoms with van der Waals surface area (Å²) in [7, 11) is 0. The quantitative estimate of drug-likeness (QED) is 0.859. The molecular weight excluding hydrogens is 276 g/mol. The largest absolute Gasteiger partial charge is 0.466 e. The van der Waals surface area contributed by atoms with Gasteiger partial charge < -0.3 is 9.72 Å². The van der Waals surface area contributed by atoms with E-state index in [1.807, 2.05) is 6.92 Å². The van der Waals surface area contributed by atoms with E-state index in [2.05, 4.69) is 9.97 Å². The van der Waals surface area contributed by atoms with Crippen LogP contribution in [0.4, 0.5) is 0 Å². The maximum Gasteiger partial charge on any atom is 0.309 e. The molecule has 0 aromatic carbocycles. The Balaban J connectivity index is 2.01. The van der Waals surface area contributed by atoms with Gasteiger partial charge in [-0.15, -0.1) is 11.3 Å². The van der Waals surface area contributed by atoms with Crippen LogP contribution in [0.5, 0.6) is 0 Å². The Kier molecular flexibility index (Phi) is 3.33. The molecule has 0 bridgehead atoms. The summed E-state index contributed by atoms with van der Waals surface area (Å²) in [5.74, 6) is 0.410. The Morgan fingerprint density at radius 2 is 2.35 bits per heavy atom. The Hall–Kier alpha value is -1.69. The number of esters is 1. The van der Waals surface area contributed by atoms with Gasteiger partial charge in [-0.25, -0.2) is 4.98 Å². The van der Waals surface area contributed by atoms with Gasteiger partial charge >= 0.3 is 5.97 Å². The smallest absolute Gasteiger partial charge is 0.309 e. The average Bonchev–Trinajstić information content (AvgIpc) is 2.75. The van der Waals surface area contributed by atoms with Gasteiger partial charge in [0.1, 0.15) is 10.7 Å². The highest BCUT2D eigenvalue weighted by Gasteiger charge is 2.29. The predicted molar refractivity (Wildman–Crippen MR) is 77.1 cm³/mol. The zero-order chi connectivity index (χ0) is 14.3. The number of carbonyl (C=O) groups excluding carboxylic acids is 1. The van der Waals surface area contributed by atoms with Crippen molar-refractivity contribution in [2.45, 2.75) is 33.1 Å². The maximum atomic E-state index is 12.1. The van der Waals surface area contributed by atoms with Crippen LogP contribution >= 0.6 is 11.3 Å². The van der Waals surface area contributed by atoms with Crippen LogP contribution in [-0.2, 0) is 22.4 Å². The molecule has 0 amide bonds. The van der Waals surface area contributed by atoms with Crippen LogP contribution in [0.15, 0.2) is 4.79 Å². The first-order valence-corrected chi connectivity index (χ1v) is 7.59. The molecule has 1 unspecified atom stereocenters. The zero-order valence-electron chi connectivity index (χ0n) is 11.5. The highest BCUT2D eigenvalue weighted by Crippen LogP contribution is 2.36. The van der Waals surface area contributed by atoms with Crippen LogP contribution in [0, 0.1) is 12.8 Å². The van der Waals surface area contributed by atoms with Crippen molar-refractivity contribution in [2.75, 3.05) is 6.61 Å². The minimum Gasteiger partial charge on any atom is -0.466 e. The molecule has 1 atom stereocenters. The second-order valence-corrected chi connectivity index (χ2v) is 6.11. The summed E-state index contributed by atoms with van der Waals surface area (Å²) in [4.78, 5) is 32.9. The van der Waals surface area contributed by atoms with Gasteiger partial charge in [-0.05, 0) is 38.7 Å². The molecule has 1 N–H and O–H groups in total. The van der Waals surface area contributed by atoms with Gasteiger partial charge in [0.15, 0.2) is 0 Å². The molecule has 5 nitrogen and oxygen atoms in total. The Bertz CT molecular complexity index is 732. The third kappa shape index (κ3) is 2.14. The molecule has 0 saturated heterocycles. The highest BCUT2D eigenvalue weighted by atomic mass is 32.1. The molecule has 1 aliphatic rings. The van der Waals surface area contributed by atoms with E-state index in [4.69, 9.17) is 4.74 Å². The minimum absolute atomic E-state index is 0.0698. The Labute approximate surface area is 120 Å². The molecule has 1 aliphatic carbocycles. The number of aromatic amines is 1. The lowest BCUT2D eigenvalue weighted by atomic mass is 9.88. The molecule has 2 aromatic heterocycles. The van der Waals surface area contributed by atoms with Crippen LogP contribution in [0.1, 0.15) is 29.6 Å². The lowest BCUT2D eigenvalue weighted by Crippen LogP contribution is -2.24. The van der Waals surface area contributed by atoms with E-state index in [1.165, 1.54) is 11.3 Å². The summed E-state index contributed by atoms with van der Waals surface area (Å²) in [6, 6.07) is 0. The number of rotatable bonds is 2. The minimum atomic E-state index is -0.131. The third-order valence-corrected chi connectivity index (χ3v) is 4.81. The average molecular weight is 292 g/mol. The van der Waals surface area contributed by atoms with Gasteiger partial charge in [0.05, 0.1) is 17.9 Å². The molecule has 3 rings (SSSR count). The third-order valence-electron chi connectivity index (χ3n) is 3.66. The van der Waals surface area contributed by atoms with Crippen LogP contribution in [0.2, 0.25) is 0 Å². The second-order valence-electron chi connectivity index (χ2n) is 5.03. The fourth-order valence-corrected chi connectivity index (χ4v) is 4.10. The van der Waals surface area contributed by atoms with Crippen LogP contribution in [0.3, 0.4) is 0 Å². The molecule has 6 heteroatoms. The van der Waals surface area contributed by atoms with Crippen molar-refractivity contribution < 1.29 is 9.53 Å². The van der Waals surface area contributed by atoms with Gasteiger partial charge in [0.25, 0.3) is 5.56 Å². The second kappa shape index (κ2) is 5.01. The molecule has 106 valence electrons. The van der Waals surface area contributed by atoms with Crippen LogP contribution < -0.4 is 5.56 Å².